The van der Waals surface area contributed by atoms with Gasteiger partial charge in [0.05, 0.1) is 36.3 Å². The van der Waals surface area contributed by atoms with Gasteiger partial charge in [-0.2, -0.15) is 5.26 Å². The van der Waals surface area contributed by atoms with E-state index in [-0.39, 0.29) is 18.0 Å². The van der Waals surface area contributed by atoms with E-state index in [1.54, 1.807) is 13.1 Å². The summed E-state index contributed by atoms with van der Waals surface area (Å²) >= 11 is 0. The third-order valence-corrected chi connectivity index (χ3v) is 4.41. The van der Waals surface area contributed by atoms with E-state index in [0.717, 1.165) is 29.3 Å². The zero-order chi connectivity index (χ0) is 16.9. The molecular weight excluding hydrogens is 304 g/mol. The van der Waals surface area contributed by atoms with Crippen LogP contribution < -0.4 is 0 Å². The molecule has 2 aromatic rings. The van der Waals surface area contributed by atoms with Crippen molar-refractivity contribution in [1.82, 2.24) is 4.98 Å². The van der Waals surface area contributed by atoms with Crippen molar-refractivity contribution in [2.75, 3.05) is 13.2 Å². The molecule has 5 heteroatoms. The van der Waals surface area contributed by atoms with E-state index in [1.807, 2.05) is 24.3 Å². The lowest BCUT2D eigenvalue weighted by atomic mass is 9.83. The molecule has 1 aromatic carbocycles. The first-order valence-electron chi connectivity index (χ1n) is 8.28. The number of carbonyl (C=O) groups excluding carboxylic acids is 1. The molecule has 124 valence electrons. The maximum atomic E-state index is 12.4. The minimum absolute atomic E-state index is 0.0873. The minimum atomic E-state index is -0.339. The normalized spacial score (nSPS) is 20.5. The van der Waals surface area contributed by atoms with Crippen LogP contribution in [0.25, 0.3) is 10.9 Å². The first-order valence-corrected chi connectivity index (χ1v) is 8.28. The second-order valence-electron chi connectivity index (χ2n) is 5.90. The number of pyridine rings is 1. The Morgan fingerprint density at radius 3 is 3.08 bits per heavy atom. The number of carbonyl (C=O) groups is 1. The van der Waals surface area contributed by atoms with Gasteiger partial charge in [-0.3, -0.25) is 4.98 Å². The fourth-order valence-electron chi connectivity index (χ4n) is 3.36. The van der Waals surface area contributed by atoms with Crippen molar-refractivity contribution in [3.63, 3.8) is 0 Å². The molecule has 2 unspecified atom stereocenters. The molecule has 1 saturated heterocycles. The van der Waals surface area contributed by atoms with Crippen LogP contribution in [0.5, 0.6) is 0 Å². The van der Waals surface area contributed by atoms with Crippen LogP contribution in [0.1, 0.15) is 48.0 Å². The molecule has 0 spiro atoms. The molecular formula is C19H20N2O3. The van der Waals surface area contributed by atoms with Gasteiger partial charge in [0.1, 0.15) is 0 Å². The summed E-state index contributed by atoms with van der Waals surface area (Å²) in [5, 5.41) is 9.92. The molecule has 0 radical (unpaired) electrons. The van der Waals surface area contributed by atoms with Gasteiger partial charge in [0.15, 0.2) is 0 Å². The van der Waals surface area contributed by atoms with E-state index in [9.17, 15) is 4.79 Å². The van der Waals surface area contributed by atoms with Crippen LogP contribution in [0, 0.1) is 11.3 Å². The largest absolute Gasteiger partial charge is 0.462 e. The topological polar surface area (TPSA) is 72.2 Å². The molecule has 2 heterocycles. The van der Waals surface area contributed by atoms with Crippen molar-refractivity contribution in [3.05, 3.63) is 41.6 Å². The van der Waals surface area contributed by atoms with Gasteiger partial charge in [0, 0.05) is 18.2 Å². The number of esters is 1. The summed E-state index contributed by atoms with van der Waals surface area (Å²) in [6.07, 6.45) is 3.45. The number of benzene rings is 1. The Hall–Kier alpha value is -2.45. The monoisotopic (exact) mass is 324 g/mol. The maximum Gasteiger partial charge on any atom is 0.340 e. The minimum Gasteiger partial charge on any atom is -0.462 e. The van der Waals surface area contributed by atoms with Crippen LogP contribution in [0.15, 0.2) is 30.5 Å². The van der Waals surface area contributed by atoms with Gasteiger partial charge >= 0.3 is 5.97 Å². The van der Waals surface area contributed by atoms with E-state index in [4.69, 9.17) is 14.7 Å². The molecule has 2 atom stereocenters. The summed E-state index contributed by atoms with van der Waals surface area (Å²) < 4.78 is 10.9. The summed E-state index contributed by atoms with van der Waals surface area (Å²) in [6.45, 7) is 2.72. The number of hydrogen-bond donors (Lipinski definition) is 0. The SMILES string of the molecule is CCOC(=O)c1cnc2ccccc2c1C1CCOC(CC#N)C1. The van der Waals surface area contributed by atoms with Gasteiger partial charge in [0.25, 0.3) is 0 Å². The van der Waals surface area contributed by atoms with Crippen molar-refractivity contribution in [1.29, 1.82) is 5.26 Å². The van der Waals surface area contributed by atoms with E-state index >= 15 is 0 Å². The first-order chi connectivity index (χ1) is 11.7. The Bertz CT molecular complexity index is 782. The number of aromatic nitrogens is 1. The molecule has 0 bridgehead atoms. The molecule has 0 amide bonds. The lowest BCUT2D eigenvalue weighted by molar-refractivity contribution is 0.00970. The molecule has 24 heavy (non-hydrogen) atoms. The van der Waals surface area contributed by atoms with Crippen molar-refractivity contribution in [2.45, 2.75) is 38.2 Å². The van der Waals surface area contributed by atoms with Crippen molar-refractivity contribution < 1.29 is 14.3 Å². The smallest absolute Gasteiger partial charge is 0.340 e. The number of fused-ring (bicyclic) bond motifs is 1. The summed E-state index contributed by atoms with van der Waals surface area (Å²) in [6, 6.07) is 10.0. The van der Waals surface area contributed by atoms with Crippen LogP contribution >= 0.6 is 0 Å². The molecule has 0 N–H and O–H groups in total. The fraction of sp³-hybridized carbons (Fsp3) is 0.421. The average molecular weight is 324 g/mol. The predicted molar refractivity (Wildman–Crippen MR) is 89.6 cm³/mol. The van der Waals surface area contributed by atoms with Gasteiger partial charge < -0.3 is 9.47 Å². The Morgan fingerprint density at radius 1 is 1.46 bits per heavy atom. The standard InChI is InChI=1S/C19H20N2O3/c1-2-23-19(22)16-12-21-17-6-4-3-5-15(17)18(16)13-8-10-24-14(11-13)7-9-20/h3-6,12-14H,2,7-8,10-11H2,1H3. The van der Waals surface area contributed by atoms with Crippen LogP contribution in [0.4, 0.5) is 0 Å². The molecule has 1 aromatic heterocycles. The van der Waals surface area contributed by atoms with Crippen molar-refractivity contribution >= 4 is 16.9 Å². The molecule has 1 aliphatic heterocycles. The zero-order valence-electron chi connectivity index (χ0n) is 13.7. The summed E-state index contributed by atoms with van der Waals surface area (Å²) in [4.78, 5) is 16.8. The van der Waals surface area contributed by atoms with Crippen LogP contribution in [-0.4, -0.2) is 30.3 Å². The summed E-state index contributed by atoms with van der Waals surface area (Å²) in [5.41, 5.74) is 2.37. The Kier molecular flexibility index (Phi) is 5.07. The van der Waals surface area contributed by atoms with Gasteiger partial charge in [-0.25, -0.2) is 4.79 Å². The Labute approximate surface area is 141 Å². The third-order valence-electron chi connectivity index (χ3n) is 4.41. The lowest BCUT2D eigenvalue weighted by Gasteiger charge is -2.30. The highest BCUT2D eigenvalue weighted by molar-refractivity contribution is 5.97. The summed E-state index contributed by atoms with van der Waals surface area (Å²) in [7, 11) is 0. The Morgan fingerprint density at radius 2 is 2.29 bits per heavy atom. The number of nitriles is 1. The summed E-state index contributed by atoms with van der Waals surface area (Å²) in [5.74, 6) is -0.182. The Balaban J connectivity index is 2.07. The lowest BCUT2D eigenvalue weighted by Crippen LogP contribution is -2.25. The second-order valence-corrected chi connectivity index (χ2v) is 5.90. The van der Waals surface area contributed by atoms with Crippen LogP contribution in [0.2, 0.25) is 0 Å². The highest BCUT2D eigenvalue weighted by Gasteiger charge is 2.29. The number of rotatable bonds is 4. The number of nitrogens with zero attached hydrogens (tertiary/aromatic N) is 2. The van der Waals surface area contributed by atoms with Gasteiger partial charge in [-0.1, -0.05) is 18.2 Å². The second kappa shape index (κ2) is 7.41. The number of ether oxygens (including phenoxy) is 2. The molecule has 3 rings (SSSR count). The van der Waals surface area contributed by atoms with Crippen molar-refractivity contribution in [3.8, 4) is 6.07 Å². The molecule has 0 aliphatic carbocycles. The van der Waals surface area contributed by atoms with Crippen molar-refractivity contribution in [2.24, 2.45) is 0 Å². The van der Waals surface area contributed by atoms with Crippen LogP contribution in [-0.2, 0) is 9.47 Å². The van der Waals surface area contributed by atoms with E-state index in [2.05, 4.69) is 11.1 Å². The molecule has 1 fully saturated rings. The molecule has 5 nitrogen and oxygen atoms in total. The molecule has 1 aliphatic rings. The van der Waals surface area contributed by atoms with E-state index in [0.29, 0.717) is 25.2 Å². The van der Waals surface area contributed by atoms with Gasteiger partial charge in [-0.05, 0) is 37.3 Å². The highest BCUT2D eigenvalue weighted by atomic mass is 16.5. The maximum absolute atomic E-state index is 12.4. The first kappa shape index (κ1) is 16.4. The zero-order valence-corrected chi connectivity index (χ0v) is 13.7. The predicted octanol–water partition coefficient (Wildman–Crippen LogP) is 3.59. The number of hydrogen-bond acceptors (Lipinski definition) is 5. The average Bonchev–Trinajstić information content (AvgIpc) is 2.61. The van der Waals surface area contributed by atoms with Gasteiger partial charge in [0.2, 0.25) is 0 Å². The van der Waals surface area contributed by atoms with E-state index in [1.165, 1.54) is 0 Å². The third kappa shape index (κ3) is 3.24. The quantitative estimate of drug-likeness (QED) is 0.804. The van der Waals surface area contributed by atoms with Crippen LogP contribution in [0.3, 0.4) is 0 Å². The van der Waals surface area contributed by atoms with E-state index < -0.39 is 0 Å². The molecule has 0 saturated carbocycles. The highest BCUT2D eigenvalue weighted by Crippen LogP contribution is 2.37. The number of para-hydroxylation sites is 1. The fourth-order valence-corrected chi connectivity index (χ4v) is 3.36. The van der Waals surface area contributed by atoms with Gasteiger partial charge in [-0.15, -0.1) is 0 Å².